The van der Waals surface area contributed by atoms with Crippen molar-refractivity contribution in [3.63, 3.8) is 0 Å². The molecule has 0 unspecified atom stereocenters. The Hall–Kier alpha value is -2.35. The maximum atomic E-state index is 12.5. The maximum absolute atomic E-state index is 12.5. The molecule has 8 heteroatoms. The molecule has 0 aromatic carbocycles. The van der Waals surface area contributed by atoms with Gasteiger partial charge in [-0.2, -0.15) is 5.10 Å². The minimum atomic E-state index is -0.271. The third-order valence-corrected chi connectivity index (χ3v) is 3.77. The van der Waals surface area contributed by atoms with Gasteiger partial charge in [-0.05, 0) is 19.9 Å². The van der Waals surface area contributed by atoms with E-state index in [2.05, 4.69) is 15.6 Å². The molecule has 2 aromatic heterocycles. The lowest BCUT2D eigenvalue weighted by atomic mass is 10.2. The minimum Gasteiger partial charge on any atom is -0.382 e. The molecule has 1 atom stereocenters. The van der Waals surface area contributed by atoms with Crippen LogP contribution in [0.1, 0.15) is 28.8 Å². The van der Waals surface area contributed by atoms with Crippen LogP contribution in [0.2, 0.25) is 0 Å². The number of nitrogens with one attached hydrogen (secondary N) is 1. The molecule has 0 aliphatic rings. The average Bonchev–Trinajstić information content (AvgIpc) is 3.07. The van der Waals surface area contributed by atoms with Crippen LogP contribution in [-0.4, -0.2) is 46.6 Å². The van der Waals surface area contributed by atoms with Gasteiger partial charge in [0.15, 0.2) is 0 Å². The van der Waals surface area contributed by atoms with Crippen molar-refractivity contribution in [2.45, 2.75) is 26.4 Å². The number of aryl methyl sites for hydroxylation is 3. The second kappa shape index (κ2) is 7.28. The first-order valence-electron chi connectivity index (χ1n) is 7.34. The zero-order chi connectivity index (χ0) is 17.0. The number of amides is 2. The minimum absolute atomic E-state index is 0.201. The first-order chi connectivity index (χ1) is 10.9. The van der Waals surface area contributed by atoms with Gasteiger partial charge in [0.2, 0.25) is 0 Å². The van der Waals surface area contributed by atoms with Crippen molar-refractivity contribution in [3.05, 3.63) is 35.0 Å². The number of carbonyl (C=O) groups is 1. The highest BCUT2D eigenvalue weighted by Gasteiger charge is 2.21. The van der Waals surface area contributed by atoms with Crippen molar-refractivity contribution >= 4 is 6.03 Å². The SMILES string of the molecule is COC[C@@H](NC(=O)N(C)Cc1c(C)noc1C)c1ccnn1C. The summed E-state index contributed by atoms with van der Waals surface area (Å²) in [6.07, 6.45) is 1.69. The molecule has 2 rings (SSSR count). The Bertz CT molecular complexity index is 644. The summed E-state index contributed by atoms with van der Waals surface area (Å²) in [4.78, 5) is 14.1. The summed E-state index contributed by atoms with van der Waals surface area (Å²) in [6.45, 7) is 4.49. The molecule has 0 fully saturated rings. The van der Waals surface area contributed by atoms with Crippen LogP contribution in [0.25, 0.3) is 0 Å². The summed E-state index contributed by atoms with van der Waals surface area (Å²) in [5.41, 5.74) is 2.60. The highest BCUT2D eigenvalue weighted by Crippen LogP contribution is 2.16. The van der Waals surface area contributed by atoms with Gasteiger partial charge in [0.25, 0.3) is 0 Å². The van der Waals surface area contributed by atoms with Gasteiger partial charge in [-0.25, -0.2) is 4.79 Å². The number of hydrogen-bond donors (Lipinski definition) is 1. The second-order valence-corrected chi connectivity index (χ2v) is 5.50. The Kier molecular flexibility index (Phi) is 5.38. The zero-order valence-corrected chi connectivity index (χ0v) is 14.2. The number of aromatic nitrogens is 3. The molecule has 2 heterocycles. The normalized spacial score (nSPS) is 12.2. The molecule has 2 amide bonds. The fourth-order valence-electron chi connectivity index (χ4n) is 2.39. The second-order valence-electron chi connectivity index (χ2n) is 5.50. The van der Waals surface area contributed by atoms with Gasteiger partial charge < -0.3 is 19.5 Å². The average molecular weight is 321 g/mol. The van der Waals surface area contributed by atoms with Gasteiger partial charge in [0, 0.05) is 33.0 Å². The molecule has 1 N–H and O–H groups in total. The monoisotopic (exact) mass is 321 g/mol. The summed E-state index contributed by atoms with van der Waals surface area (Å²) in [5.74, 6) is 0.724. The van der Waals surface area contributed by atoms with Crippen LogP contribution in [0.5, 0.6) is 0 Å². The number of rotatable bonds is 6. The summed E-state index contributed by atoms with van der Waals surface area (Å²) >= 11 is 0. The Balaban J connectivity index is 2.05. The standard InChI is InChI=1S/C15H23N5O3/c1-10-12(11(2)23-18-10)8-19(3)15(21)17-13(9-22-5)14-6-7-16-20(14)4/h6-7,13H,8-9H2,1-5H3,(H,17,21)/t13-/m1/s1. The predicted octanol–water partition coefficient (Wildman–Crippen LogP) is 1.55. The van der Waals surface area contributed by atoms with E-state index in [4.69, 9.17) is 9.26 Å². The van der Waals surface area contributed by atoms with Crippen LogP contribution in [0.4, 0.5) is 4.79 Å². The molecule has 2 aromatic rings. The molecule has 8 nitrogen and oxygen atoms in total. The lowest BCUT2D eigenvalue weighted by Gasteiger charge is -2.23. The molecule has 0 aliphatic heterocycles. The van der Waals surface area contributed by atoms with Crippen LogP contribution >= 0.6 is 0 Å². The Morgan fingerprint density at radius 1 is 1.52 bits per heavy atom. The number of hydrogen-bond acceptors (Lipinski definition) is 5. The van der Waals surface area contributed by atoms with Gasteiger partial charge in [0.05, 0.1) is 30.6 Å². The Labute approximate surface area is 135 Å². The van der Waals surface area contributed by atoms with E-state index in [0.29, 0.717) is 13.2 Å². The largest absolute Gasteiger partial charge is 0.382 e. The fourth-order valence-corrected chi connectivity index (χ4v) is 2.39. The zero-order valence-electron chi connectivity index (χ0n) is 14.2. The third kappa shape index (κ3) is 3.89. The van der Waals surface area contributed by atoms with Crippen molar-refractivity contribution in [1.29, 1.82) is 0 Å². The highest BCUT2D eigenvalue weighted by molar-refractivity contribution is 5.74. The first kappa shape index (κ1) is 17.0. The van der Waals surface area contributed by atoms with Crippen molar-refractivity contribution in [2.24, 2.45) is 7.05 Å². The molecule has 0 saturated carbocycles. The van der Waals surface area contributed by atoms with E-state index in [1.165, 1.54) is 0 Å². The van der Waals surface area contributed by atoms with Gasteiger partial charge in [-0.3, -0.25) is 4.68 Å². The van der Waals surface area contributed by atoms with Crippen LogP contribution in [0, 0.1) is 13.8 Å². The van der Waals surface area contributed by atoms with E-state index in [-0.39, 0.29) is 12.1 Å². The smallest absolute Gasteiger partial charge is 0.318 e. The van der Waals surface area contributed by atoms with E-state index in [0.717, 1.165) is 22.7 Å². The van der Waals surface area contributed by atoms with E-state index in [1.54, 1.807) is 29.9 Å². The quantitative estimate of drug-likeness (QED) is 0.872. The van der Waals surface area contributed by atoms with E-state index >= 15 is 0 Å². The van der Waals surface area contributed by atoms with E-state index in [9.17, 15) is 4.79 Å². The highest BCUT2D eigenvalue weighted by atomic mass is 16.5. The van der Waals surface area contributed by atoms with Crippen LogP contribution in [0.15, 0.2) is 16.8 Å². The molecule has 0 saturated heterocycles. The fraction of sp³-hybridized carbons (Fsp3) is 0.533. The Morgan fingerprint density at radius 2 is 2.26 bits per heavy atom. The number of nitrogens with zero attached hydrogens (tertiary/aromatic N) is 4. The number of carbonyl (C=O) groups excluding carboxylic acids is 1. The summed E-state index contributed by atoms with van der Waals surface area (Å²) in [5, 5.41) is 11.0. The maximum Gasteiger partial charge on any atom is 0.318 e. The molecule has 0 radical (unpaired) electrons. The number of urea groups is 1. The number of ether oxygens (including phenoxy) is 1. The third-order valence-electron chi connectivity index (χ3n) is 3.77. The van der Waals surface area contributed by atoms with Gasteiger partial charge >= 0.3 is 6.03 Å². The molecule has 23 heavy (non-hydrogen) atoms. The van der Waals surface area contributed by atoms with Crippen molar-refractivity contribution in [3.8, 4) is 0 Å². The van der Waals surface area contributed by atoms with Gasteiger partial charge in [0.1, 0.15) is 5.76 Å². The first-order valence-corrected chi connectivity index (χ1v) is 7.34. The van der Waals surface area contributed by atoms with E-state index < -0.39 is 0 Å². The topological polar surface area (TPSA) is 85.4 Å². The summed E-state index contributed by atoms with van der Waals surface area (Å²) in [7, 11) is 5.16. The lowest BCUT2D eigenvalue weighted by Crippen LogP contribution is -2.41. The molecule has 0 aliphatic carbocycles. The van der Waals surface area contributed by atoms with Gasteiger partial charge in [-0.1, -0.05) is 5.16 Å². The van der Waals surface area contributed by atoms with Crippen LogP contribution in [0.3, 0.4) is 0 Å². The Morgan fingerprint density at radius 3 is 2.78 bits per heavy atom. The summed E-state index contributed by atoms with van der Waals surface area (Å²) in [6, 6.07) is 1.39. The predicted molar refractivity (Wildman–Crippen MR) is 83.8 cm³/mol. The molecule has 126 valence electrons. The molecule has 0 spiro atoms. The van der Waals surface area contributed by atoms with Crippen molar-refractivity contribution < 1.29 is 14.1 Å². The summed E-state index contributed by atoms with van der Waals surface area (Å²) < 4.78 is 12.1. The molecular formula is C15H23N5O3. The van der Waals surface area contributed by atoms with Crippen molar-refractivity contribution in [2.75, 3.05) is 20.8 Å². The van der Waals surface area contributed by atoms with Gasteiger partial charge in [-0.15, -0.1) is 0 Å². The molecular weight excluding hydrogens is 298 g/mol. The molecule has 0 bridgehead atoms. The van der Waals surface area contributed by atoms with Crippen LogP contribution in [-0.2, 0) is 18.3 Å². The van der Waals surface area contributed by atoms with Crippen molar-refractivity contribution in [1.82, 2.24) is 25.2 Å². The number of methoxy groups -OCH3 is 1. The van der Waals surface area contributed by atoms with E-state index in [1.807, 2.05) is 27.0 Å². The lowest BCUT2D eigenvalue weighted by molar-refractivity contribution is 0.154. The van der Waals surface area contributed by atoms with Crippen LogP contribution < -0.4 is 5.32 Å².